The number of hydrogen-bond acceptors (Lipinski definition) is 0. The molecule has 0 aliphatic rings. The van der Waals surface area contributed by atoms with Crippen LogP contribution in [0.25, 0.3) is 56.7 Å². The Labute approximate surface area is 422 Å². The highest BCUT2D eigenvalue weighted by molar-refractivity contribution is 7.01. The van der Waals surface area contributed by atoms with Crippen LogP contribution in [0.1, 0.15) is 22.3 Å². The van der Waals surface area contributed by atoms with Gasteiger partial charge in [0.25, 0.3) is 0 Å². The van der Waals surface area contributed by atoms with Crippen LogP contribution in [-0.2, 0) is 12.6 Å². The van der Waals surface area contributed by atoms with Crippen LogP contribution in [0.2, 0.25) is 0 Å². The van der Waals surface area contributed by atoms with Crippen LogP contribution in [0, 0.1) is 134 Å². The van der Waals surface area contributed by atoms with Gasteiger partial charge in [0.1, 0.15) is 23.3 Å². The summed E-state index contributed by atoms with van der Waals surface area (Å²) in [6, 6.07) is 15.5. The maximum Gasteiger partial charge on any atom is 0.200 e. The Morgan fingerprint density at radius 3 is 0.846 bits per heavy atom. The van der Waals surface area contributed by atoms with E-state index in [2.05, 4.69) is 13.2 Å². The second-order valence-corrected chi connectivity index (χ2v) is 17.2. The van der Waals surface area contributed by atoms with Gasteiger partial charge in [-0.1, -0.05) is 61.7 Å². The average molecular weight is 1120 g/mol. The van der Waals surface area contributed by atoms with E-state index in [1.165, 1.54) is 54.6 Å². The van der Waals surface area contributed by atoms with E-state index in [-0.39, 0.29) is 22.3 Å². The molecular weight excluding hydrogens is 1100 g/mol. The van der Waals surface area contributed by atoms with Crippen molar-refractivity contribution < 1.29 is 101 Å². The van der Waals surface area contributed by atoms with Crippen molar-refractivity contribution in [1.29, 1.82) is 0 Å². The summed E-state index contributed by atoms with van der Waals surface area (Å²) in [4.78, 5) is 0. The Hall–Kier alpha value is -8.31. The molecule has 0 atom stereocenters. The number of halogens is 23. The molecule has 402 valence electrons. The van der Waals surface area contributed by atoms with E-state index < -0.39 is 197 Å². The second-order valence-electron chi connectivity index (χ2n) is 17.2. The minimum absolute atomic E-state index is 0.0617. The predicted molar refractivity (Wildman–Crippen MR) is 239 cm³/mol. The largest absolute Gasteiger partial charge is 0.207 e. The van der Waals surface area contributed by atoms with Crippen LogP contribution >= 0.6 is 0 Å². The van der Waals surface area contributed by atoms with E-state index in [1.54, 1.807) is 12.1 Å². The highest BCUT2D eigenvalue weighted by Crippen LogP contribution is 2.43. The van der Waals surface area contributed by atoms with E-state index in [4.69, 9.17) is 0 Å². The number of benzene rings is 8. The fraction of sp³-hybridized carbons (Fsp3) is 0.0370. The maximum atomic E-state index is 17.2. The number of hydrogen-bond donors (Lipinski definition) is 0. The summed E-state index contributed by atoms with van der Waals surface area (Å²) < 4.78 is 362. The first-order valence-electron chi connectivity index (χ1n) is 21.7. The third kappa shape index (κ3) is 8.73. The first-order valence-corrected chi connectivity index (χ1v) is 21.7. The molecule has 8 aromatic carbocycles. The summed E-state index contributed by atoms with van der Waals surface area (Å²) in [5.74, 6) is -74.5. The smallest absolute Gasteiger partial charge is 0.200 e. The SMILES string of the molecule is C=Cc1cccc(-c2cc(-c3cccc(C=C)c3)cc(-c3c(F)c(F)c(-c4c(F)c(F)c([B-](Cc5c(F)c(F)c(F)c(F)c5F)(Cc5c(F)c(F)c(F)c(F)c5F)c5c(F)c(F)c(F)c(F)c5F)c(F)c4F)c(F)c3F)c2)c1. The van der Waals surface area contributed by atoms with Gasteiger partial charge in [-0.15, -0.1) is 23.6 Å². The highest BCUT2D eigenvalue weighted by atomic mass is 19.2. The molecule has 0 saturated heterocycles. The molecule has 0 aliphatic carbocycles. The van der Waals surface area contributed by atoms with Gasteiger partial charge in [0.2, 0.25) is 11.6 Å². The van der Waals surface area contributed by atoms with Crippen LogP contribution < -0.4 is 10.9 Å². The van der Waals surface area contributed by atoms with Gasteiger partial charge in [-0.2, -0.15) is 0 Å². The lowest BCUT2D eigenvalue weighted by molar-refractivity contribution is 0.370. The minimum atomic E-state index is -6.38. The molecule has 0 amide bonds. The Morgan fingerprint density at radius 1 is 0.269 bits per heavy atom. The Kier molecular flexibility index (Phi) is 14.7. The van der Waals surface area contributed by atoms with E-state index in [1.807, 2.05) is 0 Å². The molecule has 0 nitrogen and oxygen atoms in total. The van der Waals surface area contributed by atoms with Gasteiger partial charge in [0.05, 0.1) is 22.8 Å². The zero-order valence-corrected chi connectivity index (χ0v) is 38.1. The van der Waals surface area contributed by atoms with Crippen molar-refractivity contribution in [2.75, 3.05) is 0 Å². The lowest BCUT2D eigenvalue weighted by atomic mass is 9.14. The van der Waals surface area contributed by atoms with Crippen LogP contribution in [0.4, 0.5) is 101 Å². The van der Waals surface area contributed by atoms with Gasteiger partial charge in [0, 0.05) is 0 Å². The molecule has 0 spiro atoms. The normalized spacial score (nSPS) is 11.7. The molecule has 0 aliphatic heterocycles. The van der Waals surface area contributed by atoms with Gasteiger partial charge in [0.15, 0.2) is 98.9 Å². The van der Waals surface area contributed by atoms with Crippen LogP contribution in [0.5, 0.6) is 0 Å². The maximum absolute atomic E-state index is 17.2. The van der Waals surface area contributed by atoms with Crippen molar-refractivity contribution in [2.24, 2.45) is 0 Å². The molecule has 0 saturated carbocycles. The van der Waals surface area contributed by atoms with Crippen molar-refractivity contribution in [2.45, 2.75) is 12.6 Å². The van der Waals surface area contributed by atoms with Gasteiger partial charge in [-0.3, -0.25) is 0 Å². The zero-order valence-electron chi connectivity index (χ0n) is 38.1. The third-order valence-electron chi connectivity index (χ3n) is 13.0. The van der Waals surface area contributed by atoms with E-state index in [0.29, 0.717) is 11.1 Å². The lowest BCUT2D eigenvalue weighted by Gasteiger charge is -2.43. The molecule has 0 aromatic heterocycles. The van der Waals surface area contributed by atoms with E-state index in [0.717, 1.165) is 12.1 Å². The third-order valence-corrected chi connectivity index (χ3v) is 13.0. The van der Waals surface area contributed by atoms with Crippen molar-refractivity contribution in [3.8, 4) is 44.5 Å². The predicted octanol–water partition coefficient (Wildman–Crippen LogP) is 16.0. The Bertz CT molecular complexity index is 3620. The standard InChI is InChI=1S/C54H21BF23/c1-3-18-7-5-9-20(11-18)22-13-23(21-10-6-8-19(4-2)12-21)15-24(14-22)27-36(60)38(62)28(39(63)37(27)61)29-40(64)42(66)30(43(67)41(29)65)55(31-44(68)50(74)54(78)51(75)45(31)69,16-25-32(56)46(70)52(76)47(71)33(25)57)17-26-34(58)48(72)53(77)49(73)35(26)59/h3-15H,1-2,16-17H2/q-1. The molecular formula is C54H21BF23-. The molecule has 78 heavy (non-hydrogen) atoms. The second kappa shape index (κ2) is 20.6. The summed E-state index contributed by atoms with van der Waals surface area (Å²) in [7, 11) is 0. The molecule has 0 heterocycles. The van der Waals surface area contributed by atoms with Crippen LogP contribution in [0.3, 0.4) is 0 Å². The first-order chi connectivity index (χ1) is 36.7. The van der Waals surface area contributed by atoms with E-state index >= 15 is 70.2 Å². The van der Waals surface area contributed by atoms with Crippen LogP contribution in [0.15, 0.2) is 79.9 Å². The van der Waals surface area contributed by atoms with Gasteiger partial charge < -0.3 is 0 Å². The van der Waals surface area contributed by atoms with Crippen molar-refractivity contribution >= 4 is 29.2 Å². The molecule has 0 fully saturated rings. The quantitative estimate of drug-likeness (QED) is 0.0495. The van der Waals surface area contributed by atoms with Gasteiger partial charge >= 0.3 is 0 Å². The van der Waals surface area contributed by atoms with Crippen molar-refractivity contribution in [1.82, 2.24) is 0 Å². The summed E-state index contributed by atoms with van der Waals surface area (Å²) in [6.45, 7) is 7.27. The zero-order chi connectivity index (χ0) is 57.5. The van der Waals surface area contributed by atoms with Gasteiger partial charge in [-0.25, -0.2) is 101 Å². The molecule has 8 aromatic rings. The molecule has 0 unspecified atom stereocenters. The summed E-state index contributed by atoms with van der Waals surface area (Å²) >= 11 is 0. The molecule has 24 heteroatoms. The Balaban J connectivity index is 1.48. The van der Waals surface area contributed by atoms with Crippen molar-refractivity contribution in [3.63, 3.8) is 0 Å². The van der Waals surface area contributed by atoms with Gasteiger partial charge in [-0.05, 0) is 80.4 Å². The lowest BCUT2D eigenvalue weighted by Crippen LogP contribution is -2.68. The minimum Gasteiger partial charge on any atom is -0.207 e. The number of rotatable bonds is 12. The topological polar surface area (TPSA) is 0 Å². The fourth-order valence-corrected chi connectivity index (χ4v) is 9.34. The molecule has 8 rings (SSSR count). The van der Waals surface area contributed by atoms with Crippen LogP contribution in [-0.4, -0.2) is 6.15 Å². The molecule has 0 N–H and O–H groups in total. The molecule has 0 bridgehead atoms. The summed E-state index contributed by atoms with van der Waals surface area (Å²) in [5.41, 5.74) is -18.5. The fourth-order valence-electron chi connectivity index (χ4n) is 9.34. The van der Waals surface area contributed by atoms with E-state index in [9.17, 15) is 30.7 Å². The summed E-state index contributed by atoms with van der Waals surface area (Å²) in [5, 5.41) is 0. The van der Waals surface area contributed by atoms with Crippen molar-refractivity contribution in [3.05, 3.63) is 236 Å². The average Bonchev–Trinajstić information content (AvgIpc) is 3.61. The monoisotopic (exact) mass is 1120 g/mol. The Morgan fingerprint density at radius 2 is 0.526 bits per heavy atom. The first kappa shape index (κ1) is 55.9. The summed E-state index contributed by atoms with van der Waals surface area (Å²) in [6.07, 6.45) is -9.84. The highest BCUT2D eigenvalue weighted by Gasteiger charge is 2.47. The molecule has 0 radical (unpaired) electrons.